The molecule has 0 radical (unpaired) electrons. The maximum Gasteiger partial charge on any atom is 0.323 e. The second-order valence-corrected chi connectivity index (χ2v) is 4.48. The van der Waals surface area contributed by atoms with E-state index in [4.69, 9.17) is 10.6 Å². The molecule has 0 bridgehead atoms. The molecule has 8 heteroatoms. The van der Waals surface area contributed by atoms with E-state index in [1.807, 2.05) is 20.1 Å². The van der Waals surface area contributed by atoms with Crippen LogP contribution in [0.5, 0.6) is 6.01 Å². The molecule has 0 atom stereocenters. The van der Waals surface area contributed by atoms with Gasteiger partial charge >= 0.3 is 6.01 Å². The van der Waals surface area contributed by atoms with Crippen LogP contribution >= 0.6 is 11.8 Å². The van der Waals surface area contributed by atoms with Crippen molar-refractivity contribution >= 4 is 23.7 Å². The van der Waals surface area contributed by atoms with Crippen molar-refractivity contribution in [2.75, 3.05) is 29.3 Å². The summed E-state index contributed by atoms with van der Waals surface area (Å²) in [4.78, 5) is 12.2. The highest BCUT2D eigenvalue weighted by Crippen LogP contribution is 2.11. The molecule has 0 aliphatic heterocycles. The van der Waals surface area contributed by atoms with E-state index < -0.39 is 0 Å². The predicted octanol–water partition coefficient (Wildman–Crippen LogP) is 0.719. The van der Waals surface area contributed by atoms with E-state index in [0.717, 1.165) is 12.3 Å². The van der Waals surface area contributed by atoms with Crippen LogP contribution in [0.3, 0.4) is 0 Å². The largest absolute Gasteiger partial charge is 0.461 e. The van der Waals surface area contributed by atoms with Gasteiger partial charge in [-0.1, -0.05) is 0 Å². The smallest absolute Gasteiger partial charge is 0.323 e. The zero-order valence-electron chi connectivity index (χ0n) is 10.2. The number of anilines is 2. The first-order chi connectivity index (χ1) is 8.15. The number of hydrogen-bond acceptors (Lipinski definition) is 8. The molecular formula is C9H18N6OS. The van der Waals surface area contributed by atoms with E-state index in [1.165, 1.54) is 0 Å². The van der Waals surface area contributed by atoms with Crippen molar-refractivity contribution in [3.05, 3.63) is 0 Å². The van der Waals surface area contributed by atoms with Gasteiger partial charge in [0.2, 0.25) is 11.9 Å². The second kappa shape index (κ2) is 7.13. The predicted molar refractivity (Wildman–Crippen MR) is 70.3 cm³/mol. The monoisotopic (exact) mass is 258 g/mol. The molecule has 0 aromatic carbocycles. The number of hydrogen-bond donors (Lipinski definition) is 3. The number of aromatic nitrogens is 3. The maximum atomic E-state index is 5.40. The Bertz CT molecular complexity index is 348. The fourth-order valence-corrected chi connectivity index (χ4v) is 1.33. The summed E-state index contributed by atoms with van der Waals surface area (Å²) >= 11 is 1.74. The lowest BCUT2D eigenvalue weighted by Crippen LogP contribution is -2.17. The molecule has 0 aliphatic carbocycles. The van der Waals surface area contributed by atoms with Gasteiger partial charge in [-0.2, -0.15) is 26.7 Å². The zero-order chi connectivity index (χ0) is 12.7. The lowest BCUT2D eigenvalue weighted by Gasteiger charge is -2.10. The van der Waals surface area contributed by atoms with Crippen LogP contribution in [-0.4, -0.2) is 39.6 Å². The summed E-state index contributed by atoms with van der Waals surface area (Å²) in [6.45, 7) is 4.58. The van der Waals surface area contributed by atoms with Crippen LogP contribution in [0, 0.1) is 0 Å². The van der Waals surface area contributed by atoms with Crippen molar-refractivity contribution < 1.29 is 4.74 Å². The first-order valence-electron chi connectivity index (χ1n) is 5.28. The fourth-order valence-electron chi connectivity index (χ4n) is 1.03. The molecule has 1 rings (SSSR count). The maximum absolute atomic E-state index is 5.40. The van der Waals surface area contributed by atoms with Gasteiger partial charge in [-0.3, -0.25) is 5.43 Å². The Kier molecular flexibility index (Phi) is 5.78. The minimum Gasteiger partial charge on any atom is -0.461 e. The van der Waals surface area contributed by atoms with Crippen LogP contribution in [0.15, 0.2) is 0 Å². The average Bonchev–Trinajstić information content (AvgIpc) is 2.28. The number of thioether (sulfide) groups is 1. The zero-order valence-corrected chi connectivity index (χ0v) is 11.0. The summed E-state index contributed by atoms with van der Waals surface area (Å²) in [7, 11) is 0. The summed E-state index contributed by atoms with van der Waals surface area (Å²) in [5.74, 6) is 6.99. The summed E-state index contributed by atoms with van der Waals surface area (Å²) in [5, 5.41) is 3.08. The first kappa shape index (κ1) is 13.8. The molecule has 1 aromatic heterocycles. The molecule has 0 amide bonds. The van der Waals surface area contributed by atoms with Crippen LogP contribution in [0.25, 0.3) is 0 Å². The summed E-state index contributed by atoms with van der Waals surface area (Å²) in [5.41, 5.74) is 2.38. The Hall–Kier alpha value is -1.28. The number of hydrazine groups is 1. The molecule has 4 N–H and O–H groups in total. The molecule has 0 saturated heterocycles. The highest BCUT2D eigenvalue weighted by Gasteiger charge is 2.07. The van der Waals surface area contributed by atoms with Crippen LogP contribution in [0.4, 0.5) is 11.9 Å². The Morgan fingerprint density at radius 2 is 2.00 bits per heavy atom. The van der Waals surface area contributed by atoms with Gasteiger partial charge in [-0.25, -0.2) is 5.84 Å². The van der Waals surface area contributed by atoms with Crippen LogP contribution in [0.2, 0.25) is 0 Å². The Labute approximate surface area is 105 Å². The van der Waals surface area contributed by atoms with Gasteiger partial charge in [0.25, 0.3) is 0 Å². The SMILES string of the molecule is CSCCNc1nc(NN)nc(OC(C)C)n1. The molecule has 0 unspecified atom stereocenters. The normalized spacial score (nSPS) is 10.4. The number of nitrogens with zero attached hydrogens (tertiary/aromatic N) is 3. The van der Waals surface area contributed by atoms with E-state index in [0.29, 0.717) is 5.95 Å². The average molecular weight is 258 g/mol. The van der Waals surface area contributed by atoms with Crippen molar-refractivity contribution in [1.82, 2.24) is 15.0 Å². The van der Waals surface area contributed by atoms with E-state index in [1.54, 1.807) is 11.8 Å². The highest BCUT2D eigenvalue weighted by atomic mass is 32.2. The van der Waals surface area contributed by atoms with Crippen molar-refractivity contribution in [1.29, 1.82) is 0 Å². The van der Waals surface area contributed by atoms with Gasteiger partial charge < -0.3 is 10.1 Å². The van der Waals surface area contributed by atoms with Gasteiger partial charge in [0.05, 0.1) is 6.10 Å². The number of nitrogens with two attached hydrogens (primary N) is 1. The van der Waals surface area contributed by atoms with E-state index in [9.17, 15) is 0 Å². The van der Waals surface area contributed by atoms with Crippen LogP contribution in [-0.2, 0) is 0 Å². The van der Waals surface area contributed by atoms with E-state index in [-0.39, 0.29) is 18.1 Å². The quantitative estimate of drug-likeness (QED) is 0.374. The van der Waals surface area contributed by atoms with Gasteiger partial charge in [-0.15, -0.1) is 0 Å². The van der Waals surface area contributed by atoms with Crippen molar-refractivity contribution in [2.45, 2.75) is 20.0 Å². The molecular weight excluding hydrogens is 240 g/mol. The molecule has 1 aromatic rings. The summed E-state index contributed by atoms with van der Waals surface area (Å²) in [6.07, 6.45) is 2.04. The lowest BCUT2D eigenvalue weighted by molar-refractivity contribution is 0.222. The highest BCUT2D eigenvalue weighted by molar-refractivity contribution is 7.98. The summed E-state index contributed by atoms with van der Waals surface area (Å²) < 4.78 is 5.40. The Morgan fingerprint density at radius 3 is 2.59 bits per heavy atom. The van der Waals surface area contributed by atoms with Crippen molar-refractivity contribution in [2.24, 2.45) is 5.84 Å². The third-order valence-electron chi connectivity index (χ3n) is 1.67. The minimum atomic E-state index is 0.00192. The number of nitrogens with one attached hydrogen (secondary N) is 2. The third-order valence-corrected chi connectivity index (χ3v) is 2.29. The summed E-state index contributed by atoms with van der Waals surface area (Å²) in [6, 6.07) is 0.259. The Morgan fingerprint density at radius 1 is 1.29 bits per heavy atom. The molecule has 17 heavy (non-hydrogen) atoms. The van der Waals surface area contributed by atoms with Crippen molar-refractivity contribution in [3.8, 4) is 6.01 Å². The van der Waals surface area contributed by atoms with Crippen LogP contribution < -0.4 is 21.3 Å². The van der Waals surface area contributed by atoms with Gasteiger partial charge in [0.1, 0.15) is 0 Å². The topological polar surface area (TPSA) is 98.0 Å². The second-order valence-electron chi connectivity index (χ2n) is 3.50. The van der Waals surface area contributed by atoms with Gasteiger partial charge in [0, 0.05) is 12.3 Å². The van der Waals surface area contributed by atoms with E-state index >= 15 is 0 Å². The lowest BCUT2D eigenvalue weighted by atomic mass is 10.5. The number of rotatable bonds is 7. The standard InChI is InChI=1S/C9H18N6OS/c1-6(2)16-9-13-7(11-4-5-17-3)12-8(14-9)15-10/h6H,4-5,10H2,1-3H3,(H2,11,12,13,14,15). The molecule has 96 valence electrons. The fraction of sp³-hybridized carbons (Fsp3) is 0.667. The van der Waals surface area contributed by atoms with Gasteiger partial charge in [-0.05, 0) is 20.1 Å². The third kappa shape index (κ3) is 5.05. The van der Waals surface area contributed by atoms with Gasteiger partial charge in [0.15, 0.2) is 0 Å². The minimum absolute atomic E-state index is 0.00192. The molecule has 7 nitrogen and oxygen atoms in total. The van der Waals surface area contributed by atoms with E-state index in [2.05, 4.69) is 25.7 Å². The number of nitrogen functional groups attached to an aromatic ring is 1. The van der Waals surface area contributed by atoms with Crippen molar-refractivity contribution in [3.63, 3.8) is 0 Å². The molecule has 0 spiro atoms. The molecule has 0 aliphatic rings. The Balaban J connectivity index is 2.74. The number of ether oxygens (including phenoxy) is 1. The molecule has 0 saturated carbocycles. The van der Waals surface area contributed by atoms with Crippen LogP contribution in [0.1, 0.15) is 13.8 Å². The molecule has 0 fully saturated rings. The molecule has 1 heterocycles. The first-order valence-corrected chi connectivity index (χ1v) is 6.67.